The van der Waals surface area contributed by atoms with Gasteiger partial charge < -0.3 is 15.1 Å². The number of carboxylic acid groups (broad SMARTS) is 1. The molecule has 0 aromatic rings. The van der Waals surface area contributed by atoms with Crippen LogP contribution in [0.1, 0.15) is 26.7 Å². The minimum atomic E-state index is -0.881. The minimum absolute atomic E-state index is 0.0670. The van der Waals surface area contributed by atoms with Gasteiger partial charge in [-0.3, -0.25) is 0 Å². The Labute approximate surface area is 78.2 Å². The monoisotopic (exact) mass is 187 g/mol. The molecule has 0 spiro atoms. The Hall–Kier alpha value is -0.770. The van der Waals surface area contributed by atoms with Gasteiger partial charge in [0.25, 0.3) is 0 Å². The van der Waals surface area contributed by atoms with Gasteiger partial charge in [-0.1, -0.05) is 0 Å². The molecule has 76 valence electrons. The maximum atomic E-state index is 10.7. The highest BCUT2D eigenvalue weighted by Crippen LogP contribution is 2.26. The number of amides is 1. The first-order valence-corrected chi connectivity index (χ1v) is 4.61. The summed E-state index contributed by atoms with van der Waals surface area (Å²) in [6.07, 6.45) is 0.878. The summed E-state index contributed by atoms with van der Waals surface area (Å²) in [6.45, 7) is 4.53. The molecule has 0 aliphatic carbocycles. The highest BCUT2D eigenvalue weighted by atomic mass is 16.4. The van der Waals surface area contributed by atoms with Crippen LogP contribution in [-0.2, 0) is 0 Å². The van der Waals surface area contributed by atoms with E-state index < -0.39 is 11.7 Å². The number of rotatable bonds is 1. The third kappa shape index (κ3) is 2.59. The smallest absolute Gasteiger partial charge is 0.407 e. The van der Waals surface area contributed by atoms with Crippen LogP contribution in [0.3, 0.4) is 0 Å². The minimum Gasteiger partial charge on any atom is -0.465 e. The van der Waals surface area contributed by atoms with Gasteiger partial charge in [-0.15, -0.1) is 0 Å². The van der Waals surface area contributed by atoms with Crippen LogP contribution in [0.5, 0.6) is 0 Å². The molecule has 4 heteroatoms. The number of carbonyl (C=O) groups is 1. The van der Waals surface area contributed by atoms with E-state index in [-0.39, 0.29) is 5.92 Å². The number of hydrogen-bond donors (Lipinski definition) is 2. The number of likely N-dealkylation sites (tertiary alicyclic amines) is 1. The number of piperidine rings is 1. The lowest BCUT2D eigenvalue weighted by Gasteiger charge is -2.37. The van der Waals surface area contributed by atoms with E-state index in [1.807, 2.05) is 0 Å². The Morgan fingerprint density at radius 1 is 1.54 bits per heavy atom. The van der Waals surface area contributed by atoms with Gasteiger partial charge in [-0.05, 0) is 26.7 Å². The molecular weight excluding hydrogens is 170 g/mol. The fourth-order valence-corrected chi connectivity index (χ4v) is 1.73. The largest absolute Gasteiger partial charge is 0.465 e. The molecule has 1 amide bonds. The molecule has 1 saturated heterocycles. The van der Waals surface area contributed by atoms with E-state index in [1.54, 1.807) is 13.8 Å². The summed E-state index contributed by atoms with van der Waals surface area (Å²) in [5.74, 6) is 0.0670. The number of aliphatic hydroxyl groups is 1. The third-order valence-corrected chi connectivity index (χ3v) is 2.69. The normalized spacial score (nSPS) is 24.5. The second-order valence-electron chi connectivity index (χ2n) is 4.22. The lowest BCUT2D eigenvalue weighted by molar-refractivity contribution is -0.0145. The van der Waals surface area contributed by atoms with Crippen LogP contribution < -0.4 is 0 Å². The van der Waals surface area contributed by atoms with Gasteiger partial charge in [0.2, 0.25) is 0 Å². The molecule has 4 nitrogen and oxygen atoms in total. The van der Waals surface area contributed by atoms with E-state index in [0.29, 0.717) is 13.1 Å². The fraction of sp³-hybridized carbons (Fsp3) is 0.889. The second kappa shape index (κ2) is 3.54. The molecule has 1 fully saturated rings. The van der Waals surface area contributed by atoms with Crippen LogP contribution in [0, 0.1) is 5.92 Å². The quantitative estimate of drug-likeness (QED) is 0.647. The Kier molecular flexibility index (Phi) is 2.81. The molecule has 0 bridgehead atoms. The van der Waals surface area contributed by atoms with Gasteiger partial charge in [0, 0.05) is 19.0 Å². The summed E-state index contributed by atoms with van der Waals surface area (Å²) in [7, 11) is 0. The van der Waals surface area contributed by atoms with E-state index in [0.717, 1.165) is 12.8 Å². The van der Waals surface area contributed by atoms with E-state index in [1.165, 1.54) is 4.90 Å². The molecule has 1 rings (SSSR count). The summed E-state index contributed by atoms with van der Waals surface area (Å²) in [5, 5.41) is 18.5. The summed E-state index contributed by atoms with van der Waals surface area (Å²) in [4.78, 5) is 12.1. The summed E-state index contributed by atoms with van der Waals surface area (Å²) < 4.78 is 0. The van der Waals surface area contributed by atoms with E-state index in [2.05, 4.69) is 0 Å². The molecule has 2 N–H and O–H groups in total. The van der Waals surface area contributed by atoms with Crippen molar-refractivity contribution in [3.05, 3.63) is 0 Å². The summed E-state index contributed by atoms with van der Waals surface area (Å²) in [6, 6.07) is 0. The molecule has 0 radical (unpaired) electrons. The van der Waals surface area contributed by atoms with Gasteiger partial charge in [0.15, 0.2) is 0 Å². The molecule has 13 heavy (non-hydrogen) atoms. The van der Waals surface area contributed by atoms with Crippen LogP contribution >= 0.6 is 0 Å². The van der Waals surface area contributed by atoms with E-state index in [4.69, 9.17) is 5.11 Å². The topological polar surface area (TPSA) is 60.8 Å². The van der Waals surface area contributed by atoms with E-state index in [9.17, 15) is 9.90 Å². The summed E-state index contributed by atoms with van der Waals surface area (Å²) in [5.41, 5.74) is -0.770. The van der Waals surface area contributed by atoms with Gasteiger partial charge in [0.05, 0.1) is 5.60 Å². The van der Waals surface area contributed by atoms with Gasteiger partial charge in [0.1, 0.15) is 0 Å². The first-order valence-electron chi connectivity index (χ1n) is 4.61. The zero-order valence-corrected chi connectivity index (χ0v) is 8.16. The second-order valence-corrected chi connectivity index (χ2v) is 4.22. The standard InChI is InChI=1S/C9H17NO3/c1-9(2,13)7-4-3-5-10(6-7)8(11)12/h7,13H,3-6H2,1-2H3,(H,11,12)/t7-/m0/s1. The van der Waals surface area contributed by atoms with Gasteiger partial charge >= 0.3 is 6.09 Å². The molecule has 0 aromatic carbocycles. The van der Waals surface area contributed by atoms with Crippen molar-refractivity contribution < 1.29 is 15.0 Å². The number of nitrogens with zero attached hydrogens (tertiary/aromatic N) is 1. The zero-order chi connectivity index (χ0) is 10.1. The maximum Gasteiger partial charge on any atom is 0.407 e. The lowest BCUT2D eigenvalue weighted by Crippen LogP contribution is -2.46. The lowest BCUT2D eigenvalue weighted by atomic mass is 9.84. The SMILES string of the molecule is CC(C)(O)[C@H]1CCCN(C(=O)O)C1. The first kappa shape index (κ1) is 10.3. The third-order valence-electron chi connectivity index (χ3n) is 2.69. The van der Waals surface area contributed by atoms with Crippen LogP contribution in [0.25, 0.3) is 0 Å². The van der Waals surface area contributed by atoms with Crippen molar-refractivity contribution in [3.8, 4) is 0 Å². The fourth-order valence-electron chi connectivity index (χ4n) is 1.73. The van der Waals surface area contributed by atoms with Crippen molar-refractivity contribution in [1.82, 2.24) is 4.90 Å². The molecule has 0 aromatic heterocycles. The zero-order valence-electron chi connectivity index (χ0n) is 8.16. The predicted octanol–water partition coefficient (Wildman–Crippen LogP) is 1.15. The average molecular weight is 187 g/mol. The van der Waals surface area contributed by atoms with E-state index >= 15 is 0 Å². The van der Waals surface area contributed by atoms with Crippen LogP contribution in [-0.4, -0.2) is 39.9 Å². The number of hydrogen-bond acceptors (Lipinski definition) is 2. The van der Waals surface area contributed by atoms with Crippen molar-refractivity contribution in [2.75, 3.05) is 13.1 Å². The van der Waals surface area contributed by atoms with Gasteiger partial charge in [-0.25, -0.2) is 4.79 Å². The highest BCUT2D eigenvalue weighted by molar-refractivity contribution is 5.65. The molecular formula is C9H17NO3. The Morgan fingerprint density at radius 3 is 2.62 bits per heavy atom. The first-order chi connectivity index (χ1) is 5.91. The Balaban J connectivity index is 2.57. The molecule has 0 saturated carbocycles. The van der Waals surface area contributed by atoms with Crippen molar-refractivity contribution in [2.24, 2.45) is 5.92 Å². The van der Waals surface area contributed by atoms with Crippen molar-refractivity contribution in [1.29, 1.82) is 0 Å². The molecule has 1 atom stereocenters. The van der Waals surface area contributed by atoms with Crippen LogP contribution in [0.15, 0.2) is 0 Å². The Morgan fingerprint density at radius 2 is 2.15 bits per heavy atom. The molecule has 1 heterocycles. The molecule has 0 unspecified atom stereocenters. The maximum absolute atomic E-state index is 10.7. The Bertz CT molecular complexity index is 198. The van der Waals surface area contributed by atoms with Gasteiger partial charge in [-0.2, -0.15) is 0 Å². The predicted molar refractivity (Wildman–Crippen MR) is 48.6 cm³/mol. The van der Waals surface area contributed by atoms with Crippen LogP contribution in [0.2, 0.25) is 0 Å². The molecule has 1 aliphatic rings. The van der Waals surface area contributed by atoms with Crippen LogP contribution in [0.4, 0.5) is 4.79 Å². The van der Waals surface area contributed by atoms with Crippen molar-refractivity contribution in [2.45, 2.75) is 32.3 Å². The highest BCUT2D eigenvalue weighted by Gasteiger charge is 2.32. The van der Waals surface area contributed by atoms with Crippen molar-refractivity contribution in [3.63, 3.8) is 0 Å². The molecule has 1 aliphatic heterocycles. The average Bonchev–Trinajstić information content (AvgIpc) is 2.03. The van der Waals surface area contributed by atoms with Crippen molar-refractivity contribution >= 4 is 6.09 Å². The summed E-state index contributed by atoms with van der Waals surface area (Å²) >= 11 is 0.